The summed E-state index contributed by atoms with van der Waals surface area (Å²) >= 11 is 0. The highest BCUT2D eigenvalue weighted by Crippen LogP contribution is 2.28. The second-order valence-corrected chi connectivity index (χ2v) is 5.83. The predicted octanol–water partition coefficient (Wildman–Crippen LogP) is 2.28. The lowest BCUT2D eigenvalue weighted by Crippen LogP contribution is -2.30. The van der Waals surface area contributed by atoms with Crippen LogP contribution in [-0.2, 0) is 11.3 Å². The first-order valence-electron chi connectivity index (χ1n) is 8.44. The highest BCUT2D eigenvalue weighted by molar-refractivity contribution is 5.67. The van der Waals surface area contributed by atoms with E-state index in [1.165, 1.54) is 7.11 Å². The zero-order valence-electron chi connectivity index (χ0n) is 15.0. The average Bonchev–Trinajstić information content (AvgIpc) is 2.71. The van der Waals surface area contributed by atoms with Gasteiger partial charge in [-0.3, -0.25) is 0 Å². The number of carbonyl (C=O) groups is 1. The number of ether oxygens (including phenoxy) is 2. The Labute approximate surface area is 157 Å². The van der Waals surface area contributed by atoms with Crippen molar-refractivity contribution >= 4 is 6.09 Å². The maximum atomic E-state index is 11.7. The number of amides is 1. The molecule has 0 aliphatic rings. The molecule has 0 saturated carbocycles. The first kappa shape index (κ1) is 20.2. The fourth-order valence-electron chi connectivity index (χ4n) is 2.55. The minimum absolute atomic E-state index is 0.0870. The molecule has 0 spiro atoms. The van der Waals surface area contributed by atoms with E-state index >= 15 is 0 Å². The van der Waals surface area contributed by atoms with Crippen LogP contribution < -0.4 is 10.1 Å². The van der Waals surface area contributed by atoms with Crippen molar-refractivity contribution in [3.05, 3.63) is 65.2 Å². The van der Waals surface area contributed by atoms with Crippen LogP contribution in [0.25, 0.3) is 0 Å². The molecule has 0 bridgehead atoms. The number of nitrogens with zero attached hydrogens (tertiary/aromatic N) is 1. The molecule has 2 unspecified atom stereocenters. The normalized spacial score (nSPS) is 12.5. The maximum absolute atomic E-state index is 11.7. The summed E-state index contributed by atoms with van der Waals surface area (Å²) in [6.45, 7) is 0.255. The van der Waals surface area contributed by atoms with Gasteiger partial charge in [0, 0.05) is 12.1 Å². The monoisotopic (exact) mass is 370 g/mol. The third-order valence-electron chi connectivity index (χ3n) is 4.00. The lowest BCUT2D eigenvalue weighted by molar-refractivity contribution is 0.0134. The molecular formula is C20H22N2O5. The number of hydrogen-bond donors (Lipinski definition) is 3. The van der Waals surface area contributed by atoms with Gasteiger partial charge in [0.15, 0.2) is 0 Å². The number of nitriles is 1. The fraction of sp³-hybridized carbons (Fsp3) is 0.300. The quantitative estimate of drug-likeness (QED) is 0.657. The highest BCUT2D eigenvalue weighted by Gasteiger charge is 2.23. The second kappa shape index (κ2) is 10.2. The van der Waals surface area contributed by atoms with Crippen molar-refractivity contribution in [1.29, 1.82) is 5.26 Å². The molecule has 0 radical (unpaired) electrons. The van der Waals surface area contributed by atoms with Crippen LogP contribution in [0.5, 0.6) is 5.75 Å². The molecule has 0 heterocycles. The van der Waals surface area contributed by atoms with Crippen LogP contribution in [0.15, 0.2) is 48.5 Å². The van der Waals surface area contributed by atoms with Gasteiger partial charge < -0.3 is 25.0 Å². The summed E-state index contributed by atoms with van der Waals surface area (Å²) in [6.07, 6.45) is -2.97. The molecule has 3 N–H and O–H groups in total. The van der Waals surface area contributed by atoms with Crippen LogP contribution in [0.1, 0.15) is 29.2 Å². The van der Waals surface area contributed by atoms with Crippen molar-refractivity contribution in [3.63, 3.8) is 0 Å². The molecule has 2 aromatic rings. The Kier molecular flexibility index (Phi) is 7.62. The van der Waals surface area contributed by atoms with Crippen molar-refractivity contribution in [1.82, 2.24) is 5.32 Å². The number of nitrogens with one attached hydrogen (secondary N) is 1. The van der Waals surface area contributed by atoms with E-state index in [-0.39, 0.29) is 30.7 Å². The molecular weight excluding hydrogens is 348 g/mol. The van der Waals surface area contributed by atoms with E-state index in [1.807, 2.05) is 36.4 Å². The van der Waals surface area contributed by atoms with E-state index in [0.29, 0.717) is 5.75 Å². The first-order chi connectivity index (χ1) is 13.1. The summed E-state index contributed by atoms with van der Waals surface area (Å²) in [4.78, 5) is 11.7. The van der Waals surface area contributed by atoms with Crippen LogP contribution in [-0.4, -0.2) is 36.1 Å². The average molecular weight is 370 g/mol. The fourth-order valence-corrected chi connectivity index (χ4v) is 2.55. The standard InChI is InChI=1S/C20H22N2O5/c1-26-18-9-5-8-15(16(18)12-21)19(24)17(23)10-11-22-20(25)27-13-14-6-3-2-4-7-14/h2-9,17,19,23-24H,10-11,13H2,1H3,(H,22,25). The Hall–Kier alpha value is -3.08. The van der Waals surface area contributed by atoms with Gasteiger partial charge in [-0.25, -0.2) is 4.79 Å². The summed E-state index contributed by atoms with van der Waals surface area (Å²) < 4.78 is 10.2. The number of aliphatic hydroxyl groups excluding tert-OH is 2. The van der Waals surface area contributed by atoms with E-state index < -0.39 is 18.3 Å². The van der Waals surface area contributed by atoms with Gasteiger partial charge in [-0.05, 0) is 18.1 Å². The van der Waals surface area contributed by atoms with Crippen LogP contribution >= 0.6 is 0 Å². The number of benzene rings is 2. The summed E-state index contributed by atoms with van der Waals surface area (Å²) in [5, 5.41) is 32.3. The molecule has 7 nitrogen and oxygen atoms in total. The smallest absolute Gasteiger partial charge is 0.407 e. The molecule has 0 aliphatic heterocycles. The van der Waals surface area contributed by atoms with Gasteiger partial charge in [0.2, 0.25) is 0 Å². The zero-order valence-corrected chi connectivity index (χ0v) is 15.0. The largest absolute Gasteiger partial charge is 0.495 e. The van der Waals surface area contributed by atoms with Crippen LogP contribution in [0.4, 0.5) is 4.79 Å². The highest BCUT2D eigenvalue weighted by atomic mass is 16.5. The van der Waals surface area contributed by atoms with Gasteiger partial charge in [-0.1, -0.05) is 42.5 Å². The van der Waals surface area contributed by atoms with Gasteiger partial charge in [0.25, 0.3) is 0 Å². The first-order valence-corrected chi connectivity index (χ1v) is 8.44. The molecule has 2 atom stereocenters. The van der Waals surface area contributed by atoms with Gasteiger partial charge >= 0.3 is 6.09 Å². The molecule has 0 aromatic heterocycles. The SMILES string of the molecule is COc1cccc(C(O)C(O)CCNC(=O)OCc2ccccc2)c1C#N. The number of methoxy groups -OCH3 is 1. The molecule has 0 aliphatic carbocycles. The van der Waals surface area contributed by atoms with E-state index in [0.717, 1.165) is 5.56 Å². The zero-order chi connectivity index (χ0) is 19.6. The number of rotatable bonds is 8. The van der Waals surface area contributed by atoms with Crippen molar-refractivity contribution in [3.8, 4) is 11.8 Å². The van der Waals surface area contributed by atoms with Crippen LogP contribution in [0.3, 0.4) is 0 Å². The van der Waals surface area contributed by atoms with E-state index in [2.05, 4.69) is 5.32 Å². The molecule has 1 amide bonds. The van der Waals surface area contributed by atoms with Gasteiger partial charge in [0.1, 0.15) is 24.5 Å². The third kappa shape index (κ3) is 5.71. The van der Waals surface area contributed by atoms with Gasteiger partial charge in [-0.15, -0.1) is 0 Å². The maximum Gasteiger partial charge on any atom is 0.407 e. The minimum Gasteiger partial charge on any atom is -0.495 e. The Balaban J connectivity index is 1.82. The molecule has 0 saturated heterocycles. The van der Waals surface area contributed by atoms with E-state index in [9.17, 15) is 20.3 Å². The van der Waals surface area contributed by atoms with Crippen molar-refractivity contribution in [2.45, 2.75) is 25.2 Å². The Morgan fingerprint density at radius 2 is 1.93 bits per heavy atom. The topological polar surface area (TPSA) is 112 Å². The van der Waals surface area contributed by atoms with E-state index in [4.69, 9.17) is 9.47 Å². The van der Waals surface area contributed by atoms with Crippen LogP contribution in [0.2, 0.25) is 0 Å². The number of carbonyl (C=O) groups excluding carboxylic acids is 1. The molecule has 27 heavy (non-hydrogen) atoms. The predicted molar refractivity (Wildman–Crippen MR) is 97.9 cm³/mol. The Bertz CT molecular complexity index is 789. The lowest BCUT2D eigenvalue weighted by Gasteiger charge is -2.20. The number of hydrogen-bond acceptors (Lipinski definition) is 6. The summed E-state index contributed by atoms with van der Waals surface area (Å²) in [5.74, 6) is 0.323. The summed E-state index contributed by atoms with van der Waals surface area (Å²) in [5.41, 5.74) is 1.31. The molecule has 142 valence electrons. The van der Waals surface area contributed by atoms with Crippen molar-refractivity contribution in [2.75, 3.05) is 13.7 Å². The van der Waals surface area contributed by atoms with Crippen LogP contribution in [0, 0.1) is 11.3 Å². The van der Waals surface area contributed by atoms with E-state index in [1.54, 1.807) is 18.2 Å². The summed E-state index contributed by atoms with van der Waals surface area (Å²) in [6, 6.07) is 16.0. The Morgan fingerprint density at radius 3 is 2.59 bits per heavy atom. The summed E-state index contributed by atoms with van der Waals surface area (Å²) in [7, 11) is 1.42. The van der Waals surface area contributed by atoms with Crippen molar-refractivity contribution in [2.24, 2.45) is 0 Å². The molecule has 7 heteroatoms. The minimum atomic E-state index is -1.28. The molecule has 2 rings (SSSR count). The van der Waals surface area contributed by atoms with Crippen molar-refractivity contribution < 1.29 is 24.5 Å². The third-order valence-corrected chi connectivity index (χ3v) is 4.00. The van der Waals surface area contributed by atoms with Gasteiger partial charge in [0.05, 0.1) is 18.8 Å². The van der Waals surface area contributed by atoms with Gasteiger partial charge in [-0.2, -0.15) is 5.26 Å². The second-order valence-electron chi connectivity index (χ2n) is 5.83. The number of aliphatic hydroxyl groups is 2. The number of alkyl carbamates (subject to hydrolysis) is 1. The molecule has 0 fully saturated rings. The molecule has 2 aromatic carbocycles. The Morgan fingerprint density at radius 1 is 1.19 bits per heavy atom. The lowest BCUT2D eigenvalue weighted by atomic mass is 9.97.